The molecule has 0 spiro atoms. The smallest absolute Gasteiger partial charge is 0.277 e. The lowest BCUT2D eigenvalue weighted by atomic mass is 9.96. The molecule has 0 aliphatic rings. The normalized spacial score (nSPS) is 18.0. The quantitative estimate of drug-likeness (QED) is 0.288. The van der Waals surface area contributed by atoms with Gasteiger partial charge in [0.15, 0.2) is 6.04 Å². The van der Waals surface area contributed by atoms with Gasteiger partial charge in [-0.3, -0.25) is 0 Å². The Balaban J connectivity index is 4.75. The molecule has 0 aromatic heterocycles. The van der Waals surface area contributed by atoms with Crippen LogP contribution in [0.15, 0.2) is 0 Å². The third-order valence-corrected chi connectivity index (χ3v) is 2.42. The lowest BCUT2D eigenvalue weighted by molar-refractivity contribution is -0.497. The molecule has 0 heterocycles. The number of nitrogens with zero attached hydrogens (tertiary/aromatic N) is 1. The predicted molar refractivity (Wildman–Crippen MR) is 52.4 cm³/mol. The van der Waals surface area contributed by atoms with Crippen LogP contribution in [0.25, 0.3) is 0 Å². The summed E-state index contributed by atoms with van der Waals surface area (Å²) in [7, 11) is 1.45. The largest absolute Gasteiger partial charge is 0.362 e. The molecule has 76 valence electrons. The minimum atomic E-state index is -1.26. The average Bonchev–Trinajstić information content (AvgIpc) is 2.13. The Morgan fingerprint density at radius 2 is 2.00 bits per heavy atom. The summed E-state index contributed by atoms with van der Waals surface area (Å²) in [4.78, 5) is 0. The number of ether oxygens (including phenoxy) is 1. The van der Waals surface area contributed by atoms with Gasteiger partial charge >= 0.3 is 0 Å². The van der Waals surface area contributed by atoms with Crippen LogP contribution in [0.2, 0.25) is 0 Å². The molecule has 0 aliphatic heterocycles. The molecular weight excluding hydrogens is 168 g/mol. The molecule has 0 aliphatic carbocycles. The van der Waals surface area contributed by atoms with Crippen LogP contribution in [-0.2, 0) is 4.74 Å². The van der Waals surface area contributed by atoms with Crippen molar-refractivity contribution in [2.24, 2.45) is 5.92 Å². The maximum absolute atomic E-state index is 10.1. The monoisotopic (exact) mass is 187 g/mol. The standard InChI is InChI=1S/C9H19N2O2/c1-7(2)9(12,13-5)8(3)11(4)6-10/h6-8,10,12H,4H2,1-3,5H3/q+1. The third-order valence-electron chi connectivity index (χ3n) is 2.42. The van der Waals surface area contributed by atoms with Crippen molar-refractivity contribution in [3.63, 3.8) is 0 Å². The van der Waals surface area contributed by atoms with Crippen molar-refractivity contribution in [2.45, 2.75) is 32.6 Å². The van der Waals surface area contributed by atoms with Gasteiger partial charge in [0, 0.05) is 13.0 Å². The summed E-state index contributed by atoms with van der Waals surface area (Å²) in [6, 6.07) is -0.352. The maximum atomic E-state index is 10.1. The van der Waals surface area contributed by atoms with Gasteiger partial charge in [0.1, 0.15) is 0 Å². The highest BCUT2D eigenvalue weighted by Crippen LogP contribution is 2.23. The summed E-state index contributed by atoms with van der Waals surface area (Å²) in [6.45, 7) is 9.09. The Hall–Kier alpha value is -0.740. The van der Waals surface area contributed by atoms with Crippen LogP contribution in [0.5, 0.6) is 0 Å². The zero-order valence-electron chi connectivity index (χ0n) is 8.74. The second-order valence-electron chi connectivity index (χ2n) is 3.43. The number of hydrogen-bond acceptors (Lipinski definition) is 3. The molecule has 0 bridgehead atoms. The van der Waals surface area contributed by atoms with E-state index in [2.05, 4.69) is 6.72 Å². The highest BCUT2D eigenvalue weighted by atomic mass is 16.6. The first-order valence-electron chi connectivity index (χ1n) is 4.27. The molecule has 2 atom stereocenters. The number of hydrogen-bond donors (Lipinski definition) is 2. The van der Waals surface area contributed by atoms with Crippen LogP contribution >= 0.6 is 0 Å². The van der Waals surface area contributed by atoms with Gasteiger partial charge in [-0.25, -0.2) is 4.58 Å². The highest BCUT2D eigenvalue weighted by Gasteiger charge is 2.41. The summed E-state index contributed by atoms with van der Waals surface area (Å²) < 4.78 is 6.42. The SMILES string of the molecule is C=[N+](C=N)C(C)C(O)(OC)C(C)C. The Morgan fingerprint density at radius 3 is 2.23 bits per heavy atom. The van der Waals surface area contributed by atoms with Gasteiger partial charge in [-0.15, -0.1) is 5.41 Å². The van der Waals surface area contributed by atoms with E-state index in [4.69, 9.17) is 10.1 Å². The summed E-state index contributed by atoms with van der Waals surface area (Å²) in [5.41, 5.74) is 0. The maximum Gasteiger partial charge on any atom is 0.277 e. The van der Waals surface area contributed by atoms with Crippen LogP contribution in [0.1, 0.15) is 20.8 Å². The van der Waals surface area contributed by atoms with E-state index >= 15 is 0 Å². The first-order valence-corrected chi connectivity index (χ1v) is 4.27. The molecular formula is C9H19N2O2+. The highest BCUT2D eigenvalue weighted by molar-refractivity contribution is 5.44. The van der Waals surface area contributed by atoms with E-state index in [0.29, 0.717) is 0 Å². The van der Waals surface area contributed by atoms with E-state index in [0.717, 1.165) is 6.34 Å². The number of aliphatic hydroxyl groups is 1. The molecule has 13 heavy (non-hydrogen) atoms. The minimum Gasteiger partial charge on any atom is -0.362 e. The molecule has 4 heteroatoms. The lowest BCUT2D eigenvalue weighted by Gasteiger charge is -2.34. The zero-order chi connectivity index (χ0) is 10.6. The van der Waals surface area contributed by atoms with Gasteiger partial charge < -0.3 is 9.84 Å². The molecule has 0 rings (SSSR count). The van der Waals surface area contributed by atoms with E-state index in [1.165, 1.54) is 11.7 Å². The van der Waals surface area contributed by atoms with Crippen molar-refractivity contribution in [1.82, 2.24) is 0 Å². The van der Waals surface area contributed by atoms with Gasteiger partial charge in [0.25, 0.3) is 6.34 Å². The van der Waals surface area contributed by atoms with Crippen molar-refractivity contribution in [3.05, 3.63) is 0 Å². The number of methoxy groups -OCH3 is 1. The molecule has 0 radical (unpaired) electrons. The van der Waals surface area contributed by atoms with E-state index in [1.54, 1.807) is 6.92 Å². The number of nitrogens with one attached hydrogen (secondary N) is 1. The van der Waals surface area contributed by atoms with Crippen molar-refractivity contribution >= 4 is 13.1 Å². The van der Waals surface area contributed by atoms with E-state index < -0.39 is 5.79 Å². The fourth-order valence-electron chi connectivity index (χ4n) is 1.24. The Kier molecular flexibility index (Phi) is 4.23. The van der Waals surface area contributed by atoms with Crippen LogP contribution in [0.3, 0.4) is 0 Å². The fraction of sp³-hybridized carbons (Fsp3) is 0.778. The lowest BCUT2D eigenvalue weighted by Crippen LogP contribution is -2.51. The molecule has 0 aromatic carbocycles. The van der Waals surface area contributed by atoms with Crippen LogP contribution in [0.4, 0.5) is 0 Å². The van der Waals surface area contributed by atoms with Crippen molar-refractivity contribution in [2.75, 3.05) is 7.11 Å². The summed E-state index contributed by atoms with van der Waals surface area (Å²) in [5, 5.41) is 17.1. The Morgan fingerprint density at radius 1 is 1.54 bits per heavy atom. The Labute approximate surface area is 79.4 Å². The van der Waals surface area contributed by atoms with Crippen molar-refractivity contribution in [3.8, 4) is 0 Å². The molecule has 0 amide bonds. The van der Waals surface area contributed by atoms with E-state index in [9.17, 15) is 5.11 Å². The summed E-state index contributed by atoms with van der Waals surface area (Å²) in [6.07, 6.45) is 1.07. The van der Waals surface area contributed by atoms with Crippen LogP contribution in [-0.4, -0.2) is 41.7 Å². The third kappa shape index (κ3) is 2.35. The van der Waals surface area contributed by atoms with Crippen LogP contribution in [0, 0.1) is 11.3 Å². The summed E-state index contributed by atoms with van der Waals surface area (Å²) >= 11 is 0. The van der Waals surface area contributed by atoms with E-state index in [1.807, 2.05) is 13.8 Å². The molecule has 0 aromatic rings. The second kappa shape index (κ2) is 4.48. The molecule has 0 saturated carbocycles. The molecule has 2 N–H and O–H groups in total. The fourth-order valence-corrected chi connectivity index (χ4v) is 1.24. The molecule has 4 nitrogen and oxygen atoms in total. The van der Waals surface area contributed by atoms with Gasteiger partial charge in [-0.1, -0.05) is 13.8 Å². The van der Waals surface area contributed by atoms with Gasteiger partial charge in [0.2, 0.25) is 5.79 Å². The van der Waals surface area contributed by atoms with E-state index in [-0.39, 0.29) is 12.0 Å². The minimum absolute atomic E-state index is 0.0586. The van der Waals surface area contributed by atoms with Crippen molar-refractivity contribution in [1.29, 1.82) is 5.41 Å². The molecule has 2 unspecified atom stereocenters. The molecule has 0 saturated heterocycles. The summed E-state index contributed by atoms with van der Waals surface area (Å²) in [5.74, 6) is -1.32. The van der Waals surface area contributed by atoms with Gasteiger partial charge in [-0.2, -0.15) is 0 Å². The second-order valence-corrected chi connectivity index (χ2v) is 3.43. The topological polar surface area (TPSA) is 56.3 Å². The first kappa shape index (κ1) is 12.3. The molecule has 0 fully saturated rings. The Bertz CT molecular complexity index is 204. The zero-order valence-corrected chi connectivity index (χ0v) is 8.74. The average molecular weight is 187 g/mol. The van der Waals surface area contributed by atoms with Crippen LogP contribution < -0.4 is 0 Å². The first-order chi connectivity index (χ1) is 5.90. The van der Waals surface area contributed by atoms with Crippen molar-refractivity contribution < 1.29 is 14.4 Å². The van der Waals surface area contributed by atoms with Gasteiger partial charge in [-0.05, 0) is 6.92 Å². The number of rotatable bonds is 5. The predicted octanol–water partition coefficient (Wildman–Crippen LogP) is 0.686. The van der Waals surface area contributed by atoms with Gasteiger partial charge in [0.05, 0.1) is 6.72 Å².